The van der Waals surface area contributed by atoms with Crippen LogP contribution in [0.5, 0.6) is 0 Å². The lowest BCUT2D eigenvalue weighted by Crippen LogP contribution is -2.38. The maximum atomic E-state index is 10.9. The second-order valence-corrected chi connectivity index (χ2v) is 2.15. The first-order valence-electron chi connectivity index (χ1n) is 3.88. The first kappa shape index (κ1) is 18.9. The minimum atomic E-state index is -0.366. The van der Waals surface area contributed by atoms with E-state index in [0.29, 0.717) is 13.0 Å². The normalized spacial score (nSPS) is 10.4. The van der Waals surface area contributed by atoms with Crippen LogP contribution in [0.2, 0.25) is 0 Å². The molecule has 0 aliphatic rings. The van der Waals surface area contributed by atoms with Crippen LogP contribution in [0.1, 0.15) is 13.3 Å². The predicted octanol–water partition coefficient (Wildman–Crippen LogP) is -0.639. The molecule has 0 aliphatic carbocycles. The number of ether oxygens (including phenoxy) is 1. The van der Waals surface area contributed by atoms with Crippen molar-refractivity contribution >= 4 is 5.97 Å². The molecular weight excluding hydrogens is 194 g/mol. The molecule has 14 heavy (non-hydrogen) atoms. The van der Waals surface area contributed by atoms with E-state index in [2.05, 4.69) is 10.1 Å². The van der Waals surface area contributed by atoms with Crippen LogP contribution in [0.25, 0.3) is 0 Å². The summed E-state index contributed by atoms with van der Waals surface area (Å²) >= 11 is 0. The maximum Gasteiger partial charge on any atom is 0.322 e. The summed E-state index contributed by atoms with van der Waals surface area (Å²) in [6.45, 7) is 2.58. The average molecular weight is 212 g/mol. The van der Waals surface area contributed by atoms with Crippen LogP contribution < -0.4 is 5.32 Å². The average Bonchev–Trinajstić information content (AvgIpc) is 2.19. The maximum absolute atomic E-state index is 10.9. The Labute approximate surface area is 82.6 Å². The van der Waals surface area contributed by atoms with Crippen molar-refractivity contribution in [2.45, 2.75) is 19.4 Å². The molecule has 88 valence electrons. The highest BCUT2D eigenvalue weighted by atomic mass is 17.0. The molecule has 0 bridgehead atoms. The molecule has 0 saturated heterocycles. The van der Waals surface area contributed by atoms with Crippen LogP contribution in [-0.4, -0.2) is 53.4 Å². The molecule has 0 unspecified atom stereocenters. The topological polar surface area (TPSA) is 129 Å². The van der Waals surface area contributed by atoms with Crippen LogP contribution in [0.4, 0.5) is 0 Å². The fourth-order valence-electron chi connectivity index (χ4n) is 0.821. The van der Waals surface area contributed by atoms with Crippen molar-refractivity contribution in [3.8, 4) is 0 Å². The standard InChI is InChI=1S/C7H15NO3.H2O2.H2O/c1-3-8-6(4-5-9)7(10)11-2;1-2;/h6,8-9H,3-5H2,1-2H3;1-2H;1H2/p-1/t6-;;/m0../s1. The van der Waals surface area contributed by atoms with Crippen molar-refractivity contribution < 1.29 is 30.6 Å². The molecule has 0 aromatic rings. The zero-order valence-corrected chi connectivity index (χ0v) is 8.30. The third-order valence-corrected chi connectivity index (χ3v) is 1.35. The molecule has 0 fully saturated rings. The van der Waals surface area contributed by atoms with Gasteiger partial charge in [-0.2, -0.15) is 0 Å². The number of hydrogen-bond donors (Lipinski definition) is 4. The quantitative estimate of drug-likeness (QED) is 0.271. The number of aliphatic hydroxyl groups excluding tert-OH is 1. The number of methoxy groups -OCH3 is 1. The Morgan fingerprint density at radius 2 is 2.00 bits per heavy atom. The van der Waals surface area contributed by atoms with Gasteiger partial charge < -0.3 is 20.6 Å². The number of aliphatic hydroxyl groups is 1. The monoisotopic (exact) mass is 212 g/mol. The Balaban J connectivity index is -0.000000376. The minimum absolute atomic E-state index is 0. The molecule has 0 aromatic heterocycles. The summed E-state index contributed by atoms with van der Waals surface area (Å²) in [5.74, 6) is -0.319. The fourth-order valence-corrected chi connectivity index (χ4v) is 0.821. The van der Waals surface area contributed by atoms with Crippen LogP contribution in [0, 0.1) is 0 Å². The first-order valence-corrected chi connectivity index (χ1v) is 3.88. The number of rotatable bonds is 5. The molecule has 0 heterocycles. The molecule has 0 amide bonds. The van der Waals surface area contributed by atoms with Gasteiger partial charge >= 0.3 is 5.97 Å². The van der Waals surface area contributed by atoms with Crippen molar-refractivity contribution in [2.24, 2.45) is 0 Å². The lowest BCUT2D eigenvalue weighted by Gasteiger charge is -2.13. The lowest BCUT2D eigenvalue weighted by molar-refractivity contribution is -0.176. The highest BCUT2D eigenvalue weighted by Gasteiger charge is 2.15. The van der Waals surface area contributed by atoms with E-state index in [9.17, 15) is 4.79 Å². The summed E-state index contributed by atoms with van der Waals surface area (Å²) in [5, 5.41) is 23.5. The van der Waals surface area contributed by atoms with E-state index in [1.807, 2.05) is 6.92 Å². The van der Waals surface area contributed by atoms with Gasteiger partial charge in [0.05, 0.1) is 7.11 Å². The van der Waals surface area contributed by atoms with E-state index in [-0.39, 0.29) is 24.1 Å². The molecule has 5 N–H and O–H groups in total. The predicted molar refractivity (Wildman–Crippen MR) is 48.4 cm³/mol. The van der Waals surface area contributed by atoms with E-state index in [4.69, 9.17) is 15.6 Å². The highest BCUT2D eigenvalue weighted by molar-refractivity contribution is 5.75. The number of likely N-dealkylation sites (N-methyl/N-ethyl adjacent to an activating group) is 1. The highest BCUT2D eigenvalue weighted by Crippen LogP contribution is 1.92. The molecule has 0 saturated carbocycles. The number of esters is 1. The minimum Gasteiger partial charge on any atom is -0.870 e. The van der Waals surface area contributed by atoms with Gasteiger partial charge in [0.15, 0.2) is 0 Å². The molecule has 0 aromatic carbocycles. The third-order valence-electron chi connectivity index (χ3n) is 1.35. The summed E-state index contributed by atoms with van der Waals surface area (Å²) in [4.78, 5) is 10.9. The fraction of sp³-hybridized carbons (Fsp3) is 0.857. The van der Waals surface area contributed by atoms with Gasteiger partial charge in [0.25, 0.3) is 0 Å². The van der Waals surface area contributed by atoms with Gasteiger partial charge in [-0.1, -0.05) is 6.92 Å². The van der Waals surface area contributed by atoms with Crippen molar-refractivity contribution in [3.63, 3.8) is 0 Å². The summed E-state index contributed by atoms with van der Waals surface area (Å²) in [6.07, 6.45) is 0.403. The molecule has 0 spiro atoms. The van der Waals surface area contributed by atoms with Crippen LogP contribution in [0.15, 0.2) is 0 Å². The summed E-state index contributed by atoms with van der Waals surface area (Å²) in [5.41, 5.74) is 0. The van der Waals surface area contributed by atoms with Crippen molar-refractivity contribution in [2.75, 3.05) is 20.3 Å². The van der Waals surface area contributed by atoms with Crippen molar-refractivity contribution in [1.29, 1.82) is 0 Å². The van der Waals surface area contributed by atoms with Gasteiger partial charge in [-0.3, -0.25) is 15.3 Å². The summed E-state index contributed by atoms with van der Waals surface area (Å²) in [6, 6.07) is -0.366. The Morgan fingerprint density at radius 1 is 1.50 bits per heavy atom. The van der Waals surface area contributed by atoms with E-state index < -0.39 is 0 Å². The molecule has 7 nitrogen and oxygen atoms in total. The second-order valence-electron chi connectivity index (χ2n) is 2.15. The number of carbonyl (C=O) groups excluding carboxylic acids is 1. The van der Waals surface area contributed by atoms with Gasteiger partial charge in [0, 0.05) is 6.61 Å². The summed E-state index contributed by atoms with van der Waals surface area (Å²) < 4.78 is 4.50. The van der Waals surface area contributed by atoms with Crippen molar-refractivity contribution in [3.05, 3.63) is 0 Å². The second kappa shape index (κ2) is 14.8. The zero-order valence-electron chi connectivity index (χ0n) is 8.30. The van der Waals surface area contributed by atoms with E-state index in [1.165, 1.54) is 7.11 Å². The SMILES string of the molecule is CCN[C@@H](CCO)C(=O)OC.OO.[OH-]. The molecule has 7 heteroatoms. The number of hydrogen-bond acceptors (Lipinski definition) is 7. The van der Waals surface area contributed by atoms with Gasteiger partial charge in [-0.15, -0.1) is 0 Å². The number of nitrogens with one attached hydrogen (secondary N) is 1. The molecule has 0 radical (unpaired) electrons. The largest absolute Gasteiger partial charge is 0.870 e. The Bertz CT molecular complexity index is 115. The summed E-state index contributed by atoms with van der Waals surface area (Å²) in [7, 11) is 1.34. The van der Waals surface area contributed by atoms with Gasteiger partial charge in [-0.05, 0) is 13.0 Å². The van der Waals surface area contributed by atoms with Crippen LogP contribution in [0.3, 0.4) is 0 Å². The molecule has 1 atom stereocenters. The van der Waals surface area contributed by atoms with E-state index >= 15 is 0 Å². The van der Waals surface area contributed by atoms with E-state index in [1.54, 1.807) is 0 Å². The van der Waals surface area contributed by atoms with Gasteiger partial charge in [0.1, 0.15) is 6.04 Å². The first-order chi connectivity index (χ1) is 6.26. The van der Waals surface area contributed by atoms with Crippen LogP contribution in [-0.2, 0) is 9.53 Å². The van der Waals surface area contributed by atoms with E-state index in [0.717, 1.165) is 0 Å². The molecule has 0 rings (SSSR count). The smallest absolute Gasteiger partial charge is 0.322 e. The van der Waals surface area contributed by atoms with Crippen molar-refractivity contribution in [1.82, 2.24) is 5.32 Å². The van der Waals surface area contributed by atoms with Crippen LogP contribution >= 0.6 is 0 Å². The third kappa shape index (κ3) is 9.36. The Hall–Kier alpha value is -0.730. The zero-order chi connectivity index (χ0) is 10.7. The number of carbonyl (C=O) groups is 1. The Kier molecular flexibility index (Phi) is 20.0. The lowest BCUT2D eigenvalue weighted by atomic mass is 10.2. The Morgan fingerprint density at radius 3 is 2.29 bits per heavy atom. The van der Waals surface area contributed by atoms with Gasteiger partial charge in [0.2, 0.25) is 0 Å². The molecular formula is C7H18NO6-. The van der Waals surface area contributed by atoms with Gasteiger partial charge in [-0.25, -0.2) is 0 Å². The molecule has 0 aliphatic heterocycles.